The smallest absolute Gasteiger partial charge is 0.257 e. The van der Waals surface area contributed by atoms with Crippen molar-refractivity contribution < 1.29 is 19.0 Å². The van der Waals surface area contributed by atoms with Gasteiger partial charge in [0.05, 0.1) is 17.0 Å². The van der Waals surface area contributed by atoms with Crippen molar-refractivity contribution in [3.63, 3.8) is 0 Å². The highest BCUT2D eigenvalue weighted by Crippen LogP contribution is 2.32. The van der Waals surface area contributed by atoms with E-state index >= 15 is 0 Å². The Morgan fingerprint density at radius 3 is 1.98 bits per heavy atom. The van der Waals surface area contributed by atoms with Crippen LogP contribution in [0.4, 0.5) is 4.39 Å². The zero-order valence-corrected chi connectivity index (χ0v) is 30.8. The summed E-state index contributed by atoms with van der Waals surface area (Å²) < 4.78 is 16.3. The van der Waals surface area contributed by atoms with Gasteiger partial charge in [-0.15, -0.1) is 0 Å². The molecule has 1 aromatic carbocycles. The summed E-state index contributed by atoms with van der Waals surface area (Å²) in [7, 11) is 2.24. The lowest BCUT2D eigenvalue weighted by molar-refractivity contribution is -0.0228. The van der Waals surface area contributed by atoms with Crippen molar-refractivity contribution in [2.24, 2.45) is 11.8 Å². The van der Waals surface area contributed by atoms with Gasteiger partial charge in [-0.1, -0.05) is 38.0 Å². The molecule has 1 N–H and O–H groups in total. The molecule has 9 nitrogen and oxygen atoms in total. The Morgan fingerprint density at radius 2 is 1.54 bits per heavy atom. The number of likely N-dealkylation sites (tertiary alicyclic amines) is 2. The van der Waals surface area contributed by atoms with E-state index in [0.29, 0.717) is 18.2 Å². The first-order valence-electron chi connectivity index (χ1n) is 18.1. The molecule has 6 rings (SSSR count). The third kappa shape index (κ3) is 13.1. The molecule has 1 aromatic heterocycles. The van der Waals surface area contributed by atoms with Crippen molar-refractivity contribution in [3.8, 4) is 0 Å². The lowest BCUT2D eigenvalue weighted by Gasteiger charge is -2.52. The number of aromatic nitrogens is 2. The van der Waals surface area contributed by atoms with Crippen LogP contribution >= 0.6 is 0 Å². The fourth-order valence-corrected chi connectivity index (χ4v) is 6.57. The molecule has 4 fully saturated rings. The Bertz CT molecular complexity index is 1180. The number of nitrogens with zero attached hydrogens (tertiary/aromatic N) is 6. The number of piperazine rings is 1. The molecule has 0 spiro atoms. The van der Waals surface area contributed by atoms with Crippen molar-refractivity contribution in [2.75, 3.05) is 72.8 Å². The van der Waals surface area contributed by atoms with Gasteiger partial charge < -0.3 is 19.6 Å². The van der Waals surface area contributed by atoms with E-state index < -0.39 is 0 Å². The number of carbonyl (C=O) groups excluding carboxylic acids is 1. The quantitative estimate of drug-likeness (QED) is 0.395. The van der Waals surface area contributed by atoms with Crippen molar-refractivity contribution in [1.82, 2.24) is 29.6 Å². The molecule has 4 aliphatic rings. The number of hydrogen-bond donors (Lipinski definition) is 1. The molecule has 10 heteroatoms. The van der Waals surface area contributed by atoms with Gasteiger partial charge in [0.15, 0.2) is 0 Å². The number of ether oxygens (including phenoxy) is 1. The molecule has 48 heavy (non-hydrogen) atoms. The number of amides is 1. The lowest BCUT2D eigenvalue weighted by Crippen LogP contribution is -2.62. The monoisotopic (exact) mass is 670 g/mol. The van der Waals surface area contributed by atoms with Crippen molar-refractivity contribution >= 4 is 5.91 Å². The molecule has 0 bridgehead atoms. The average molecular weight is 671 g/mol. The summed E-state index contributed by atoms with van der Waals surface area (Å²) in [6, 6.07) is 8.54. The van der Waals surface area contributed by atoms with Crippen molar-refractivity contribution in [3.05, 3.63) is 59.4 Å². The Morgan fingerprint density at radius 1 is 0.958 bits per heavy atom. The van der Waals surface area contributed by atoms with Crippen LogP contribution in [0, 0.1) is 31.5 Å². The molecule has 4 heterocycles. The number of piperidine rings is 2. The van der Waals surface area contributed by atoms with Gasteiger partial charge in [0.1, 0.15) is 18.9 Å². The van der Waals surface area contributed by atoms with Crippen LogP contribution in [0.1, 0.15) is 88.0 Å². The molecule has 3 saturated heterocycles. The normalized spacial score (nSPS) is 21.9. The van der Waals surface area contributed by atoms with E-state index in [-0.39, 0.29) is 24.1 Å². The topological polar surface area (TPSA) is 85.3 Å². The van der Waals surface area contributed by atoms with Gasteiger partial charge in [-0.05, 0) is 104 Å². The molecule has 0 radical (unpaired) electrons. The zero-order chi connectivity index (χ0) is 35.1. The van der Waals surface area contributed by atoms with E-state index in [4.69, 9.17) is 5.11 Å². The molecule has 2 aromatic rings. The third-order valence-electron chi connectivity index (χ3n) is 10.3. The maximum Gasteiger partial charge on any atom is 0.257 e. The molecule has 1 aliphatic carbocycles. The number of halogens is 1. The first kappa shape index (κ1) is 39.9. The second-order valence-electron chi connectivity index (χ2n) is 14.3. The van der Waals surface area contributed by atoms with Crippen LogP contribution in [0.5, 0.6) is 0 Å². The Balaban J connectivity index is 0.000000318. The SMILES string of the molecule is CC1CC1.CCOCO.Cc1ncnc(C)c1C(=O)N1CCC(C)(N2CCN(CC3CCN(C)CC3)C(C)C2)CC1.Fc1ccccc1. The minimum Gasteiger partial charge on any atom is -0.371 e. The maximum absolute atomic E-state index is 13.2. The van der Waals surface area contributed by atoms with Gasteiger partial charge in [0, 0.05) is 57.5 Å². The molecule has 1 saturated carbocycles. The molecule has 270 valence electrons. The van der Waals surface area contributed by atoms with Crippen LogP contribution in [-0.2, 0) is 4.74 Å². The number of benzene rings is 1. The van der Waals surface area contributed by atoms with Crippen LogP contribution < -0.4 is 0 Å². The van der Waals surface area contributed by atoms with Crippen molar-refractivity contribution in [1.29, 1.82) is 0 Å². The Labute approximate surface area is 289 Å². The minimum absolute atomic E-state index is 0.0963. The number of aliphatic hydroxyl groups excluding tert-OH is 1. The molecule has 1 unspecified atom stereocenters. The number of aliphatic hydroxyl groups is 1. The molecule has 3 aliphatic heterocycles. The highest BCUT2D eigenvalue weighted by atomic mass is 19.1. The largest absolute Gasteiger partial charge is 0.371 e. The highest BCUT2D eigenvalue weighted by molar-refractivity contribution is 5.96. The number of carbonyl (C=O) groups is 1. The summed E-state index contributed by atoms with van der Waals surface area (Å²) in [5, 5.41) is 7.84. The van der Waals surface area contributed by atoms with Gasteiger partial charge in [0.25, 0.3) is 5.91 Å². The number of rotatable bonds is 6. The first-order valence-corrected chi connectivity index (χ1v) is 18.1. The predicted molar refractivity (Wildman–Crippen MR) is 191 cm³/mol. The summed E-state index contributed by atoms with van der Waals surface area (Å²) in [4.78, 5) is 31.6. The Hall–Kier alpha value is -2.50. The number of hydrogen-bond acceptors (Lipinski definition) is 8. The summed E-state index contributed by atoms with van der Waals surface area (Å²) in [5.74, 6) is 1.86. The maximum atomic E-state index is 13.2. The van der Waals surface area contributed by atoms with Crippen LogP contribution in [0.2, 0.25) is 0 Å². The van der Waals surface area contributed by atoms with Gasteiger partial charge in [-0.25, -0.2) is 14.4 Å². The fourth-order valence-electron chi connectivity index (χ4n) is 6.57. The van der Waals surface area contributed by atoms with Gasteiger partial charge in [-0.3, -0.25) is 14.6 Å². The molecule has 1 atom stereocenters. The van der Waals surface area contributed by atoms with Gasteiger partial charge >= 0.3 is 0 Å². The summed E-state index contributed by atoms with van der Waals surface area (Å²) in [6.07, 6.45) is 9.27. The van der Waals surface area contributed by atoms with E-state index in [1.54, 1.807) is 24.5 Å². The average Bonchev–Trinajstić information content (AvgIpc) is 3.86. The number of aryl methyl sites for hydroxylation is 2. The van der Waals surface area contributed by atoms with Crippen LogP contribution in [0.25, 0.3) is 0 Å². The van der Waals surface area contributed by atoms with Crippen molar-refractivity contribution in [2.45, 2.75) is 91.6 Å². The summed E-state index contributed by atoms with van der Waals surface area (Å²) in [6.45, 7) is 22.0. The molecular formula is C38H63FN6O3. The van der Waals surface area contributed by atoms with Gasteiger partial charge in [-0.2, -0.15) is 0 Å². The summed E-state index contributed by atoms with van der Waals surface area (Å²) in [5.41, 5.74) is 2.44. The molecule has 1 amide bonds. The van der Waals surface area contributed by atoms with E-state index in [1.165, 1.54) is 64.0 Å². The van der Waals surface area contributed by atoms with E-state index in [0.717, 1.165) is 62.2 Å². The van der Waals surface area contributed by atoms with Crippen LogP contribution in [0.15, 0.2) is 36.7 Å². The second kappa shape index (κ2) is 20.2. The first-order chi connectivity index (χ1) is 23.0. The molecular weight excluding hydrogens is 607 g/mol. The van der Waals surface area contributed by atoms with E-state index in [2.05, 4.69) is 57.2 Å². The minimum atomic E-state index is -0.178. The predicted octanol–water partition coefficient (Wildman–Crippen LogP) is 5.65. The zero-order valence-electron chi connectivity index (χ0n) is 30.8. The lowest BCUT2D eigenvalue weighted by atomic mass is 9.86. The third-order valence-corrected chi connectivity index (χ3v) is 10.3. The van der Waals surface area contributed by atoms with E-state index in [1.807, 2.05) is 25.7 Å². The van der Waals surface area contributed by atoms with E-state index in [9.17, 15) is 9.18 Å². The Kier molecular flexibility index (Phi) is 16.8. The van der Waals surface area contributed by atoms with Crippen LogP contribution in [0.3, 0.4) is 0 Å². The standard InChI is InChI=1S/C25H42N6O.C6H5F.C4H8.C3H8O2/c1-19-16-31(15-14-30(19)17-22-6-10-28(5)11-7-22)25(4)8-12-29(13-9-25)24(32)23-20(2)26-18-27-21(23)3;7-6-4-2-1-3-5-6;1-4-2-3-4;1-2-5-3-4/h18-19,22H,6-17H2,1-5H3;1-5H;4H,2-3H2,1H3;4H,2-3H2,1H3. The highest BCUT2D eigenvalue weighted by Gasteiger charge is 2.40. The van der Waals surface area contributed by atoms with Crippen LogP contribution in [-0.4, -0.2) is 125 Å². The summed E-state index contributed by atoms with van der Waals surface area (Å²) >= 11 is 0. The van der Waals surface area contributed by atoms with Gasteiger partial charge in [0.2, 0.25) is 0 Å². The second-order valence-corrected chi connectivity index (χ2v) is 14.3. The fraction of sp³-hybridized carbons (Fsp3) is 0.711.